The van der Waals surface area contributed by atoms with Crippen LogP contribution in [-0.2, 0) is 16.1 Å². The standard InChI is InChI=1S/C16H24N4O3S/c1-3-14(21)20-13(8-9-24-2)15(22)18-10-11-4-6-12(7-5-11)19-16(17)23/h4-7,13H,3,8-10H2,1-2H3,(H,18,22)(H,20,21)(H3,17,19,23)/t13-/m0/s1. The lowest BCUT2D eigenvalue weighted by molar-refractivity contribution is -0.129. The molecule has 0 fully saturated rings. The highest BCUT2D eigenvalue weighted by Gasteiger charge is 2.19. The molecule has 132 valence electrons. The number of amides is 4. The van der Waals surface area contributed by atoms with E-state index in [1.807, 2.05) is 6.26 Å². The number of anilines is 1. The summed E-state index contributed by atoms with van der Waals surface area (Å²) in [5.74, 6) is 0.443. The van der Waals surface area contributed by atoms with Crippen LogP contribution in [0, 0.1) is 0 Å². The third kappa shape index (κ3) is 7.36. The zero-order valence-electron chi connectivity index (χ0n) is 13.9. The summed E-state index contributed by atoms with van der Waals surface area (Å²) in [6.07, 6.45) is 2.88. The second-order valence-corrected chi connectivity index (χ2v) is 6.14. The van der Waals surface area contributed by atoms with Crippen LogP contribution in [0.1, 0.15) is 25.3 Å². The van der Waals surface area contributed by atoms with Gasteiger partial charge in [0, 0.05) is 18.7 Å². The molecule has 0 saturated carbocycles. The van der Waals surface area contributed by atoms with E-state index in [-0.39, 0.29) is 11.8 Å². The van der Waals surface area contributed by atoms with Gasteiger partial charge in [-0.15, -0.1) is 0 Å². The third-order valence-electron chi connectivity index (χ3n) is 3.27. The van der Waals surface area contributed by atoms with Gasteiger partial charge in [-0.3, -0.25) is 9.59 Å². The molecule has 7 nitrogen and oxygen atoms in total. The van der Waals surface area contributed by atoms with Gasteiger partial charge in [0.25, 0.3) is 0 Å². The Morgan fingerprint density at radius 3 is 2.42 bits per heavy atom. The Labute approximate surface area is 146 Å². The van der Waals surface area contributed by atoms with E-state index in [2.05, 4.69) is 16.0 Å². The highest BCUT2D eigenvalue weighted by atomic mass is 32.2. The lowest BCUT2D eigenvalue weighted by atomic mass is 10.1. The van der Waals surface area contributed by atoms with E-state index in [1.165, 1.54) is 0 Å². The van der Waals surface area contributed by atoms with Gasteiger partial charge >= 0.3 is 6.03 Å². The summed E-state index contributed by atoms with van der Waals surface area (Å²) in [7, 11) is 0. The lowest BCUT2D eigenvalue weighted by Gasteiger charge is -2.18. The van der Waals surface area contributed by atoms with Crippen LogP contribution >= 0.6 is 11.8 Å². The predicted octanol–water partition coefficient (Wildman–Crippen LogP) is 1.44. The number of carbonyl (C=O) groups is 3. The highest BCUT2D eigenvalue weighted by Crippen LogP contribution is 2.09. The first kappa shape index (κ1) is 19.8. The summed E-state index contributed by atoms with van der Waals surface area (Å²) in [6, 6.07) is 5.83. The summed E-state index contributed by atoms with van der Waals surface area (Å²) in [4.78, 5) is 34.6. The van der Waals surface area contributed by atoms with Crippen LogP contribution in [0.3, 0.4) is 0 Å². The van der Waals surface area contributed by atoms with Gasteiger partial charge in [-0.05, 0) is 36.1 Å². The molecule has 0 radical (unpaired) electrons. The summed E-state index contributed by atoms with van der Waals surface area (Å²) in [5, 5.41) is 8.03. The van der Waals surface area contributed by atoms with Crippen LogP contribution in [0.2, 0.25) is 0 Å². The molecule has 1 atom stereocenters. The number of nitrogens with two attached hydrogens (primary N) is 1. The fourth-order valence-corrected chi connectivity index (χ4v) is 2.43. The van der Waals surface area contributed by atoms with E-state index in [1.54, 1.807) is 43.0 Å². The SMILES string of the molecule is CCC(=O)N[C@@H](CCSC)C(=O)NCc1ccc(NC(N)=O)cc1. The van der Waals surface area contributed by atoms with Crippen molar-refractivity contribution in [3.8, 4) is 0 Å². The molecule has 0 heterocycles. The first-order chi connectivity index (χ1) is 11.5. The Morgan fingerprint density at radius 2 is 1.88 bits per heavy atom. The summed E-state index contributed by atoms with van der Waals surface area (Å²) in [6.45, 7) is 2.09. The molecule has 0 bridgehead atoms. The van der Waals surface area contributed by atoms with Crippen molar-refractivity contribution in [3.05, 3.63) is 29.8 Å². The van der Waals surface area contributed by atoms with Gasteiger partial charge in [-0.2, -0.15) is 11.8 Å². The van der Waals surface area contributed by atoms with E-state index in [4.69, 9.17) is 5.73 Å². The average molecular weight is 352 g/mol. The van der Waals surface area contributed by atoms with Crippen molar-refractivity contribution in [2.75, 3.05) is 17.3 Å². The molecule has 0 aromatic heterocycles. The minimum Gasteiger partial charge on any atom is -0.351 e. The Morgan fingerprint density at radius 1 is 1.21 bits per heavy atom. The molecule has 0 aliphatic carbocycles. The van der Waals surface area contributed by atoms with Crippen molar-refractivity contribution in [1.82, 2.24) is 10.6 Å². The molecule has 1 aromatic rings. The number of hydrogen-bond acceptors (Lipinski definition) is 4. The average Bonchev–Trinajstić information content (AvgIpc) is 2.56. The Bertz CT molecular complexity index is 563. The zero-order chi connectivity index (χ0) is 17.9. The molecule has 8 heteroatoms. The van der Waals surface area contributed by atoms with Gasteiger partial charge in [0.15, 0.2) is 0 Å². The van der Waals surface area contributed by atoms with Gasteiger partial charge in [0.1, 0.15) is 6.04 Å². The molecule has 0 unspecified atom stereocenters. The normalized spacial score (nSPS) is 11.4. The van der Waals surface area contributed by atoms with Crippen LogP contribution < -0.4 is 21.7 Å². The van der Waals surface area contributed by atoms with Gasteiger partial charge < -0.3 is 21.7 Å². The number of nitrogens with one attached hydrogen (secondary N) is 3. The van der Waals surface area contributed by atoms with Crippen molar-refractivity contribution in [3.63, 3.8) is 0 Å². The first-order valence-corrected chi connectivity index (χ1v) is 9.07. The maximum Gasteiger partial charge on any atom is 0.316 e. The Balaban J connectivity index is 2.56. The van der Waals surface area contributed by atoms with E-state index in [0.717, 1.165) is 11.3 Å². The van der Waals surface area contributed by atoms with Crippen LogP contribution in [0.4, 0.5) is 10.5 Å². The molecule has 5 N–H and O–H groups in total. The highest BCUT2D eigenvalue weighted by molar-refractivity contribution is 7.98. The number of carbonyl (C=O) groups excluding carboxylic acids is 3. The topological polar surface area (TPSA) is 113 Å². The van der Waals surface area contributed by atoms with Crippen molar-refractivity contribution >= 4 is 35.3 Å². The fourth-order valence-electron chi connectivity index (χ4n) is 1.96. The predicted molar refractivity (Wildman–Crippen MR) is 96.7 cm³/mol. The molecule has 0 saturated heterocycles. The van der Waals surface area contributed by atoms with E-state index in [9.17, 15) is 14.4 Å². The van der Waals surface area contributed by atoms with Crippen LogP contribution in [0.25, 0.3) is 0 Å². The van der Waals surface area contributed by atoms with E-state index >= 15 is 0 Å². The monoisotopic (exact) mass is 352 g/mol. The Hall–Kier alpha value is -2.22. The van der Waals surface area contributed by atoms with Crippen molar-refractivity contribution in [2.24, 2.45) is 5.73 Å². The minimum atomic E-state index is -0.626. The third-order valence-corrected chi connectivity index (χ3v) is 3.92. The van der Waals surface area contributed by atoms with Gasteiger partial charge in [-0.1, -0.05) is 19.1 Å². The van der Waals surface area contributed by atoms with E-state index < -0.39 is 12.1 Å². The zero-order valence-corrected chi connectivity index (χ0v) is 14.7. The number of hydrogen-bond donors (Lipinski definition) is 4. The van der Waals surface area contributed by atoms with Gasteiger partial charge in [0.2, 0.25) is 11.8 Å². The molecular formula is C16H24N4O3S. The Kier molecular flexibility index (Phi) is 8.70. The van der Waals surface area contributed by atoms with Crippen molar-refractivity contribution < 1.29 is 14.4 Å². The summed E-state index contributed by atoms with van der Waals surface area (Å²) < 4.78 is 0. The van der Waals surface area contributed by atoms with Crippen LogP contribution in [0.5, 0.6) is 0 Å². The smallest absolute Gasteiger partial charge is 0.316 e. The maximum absolute atomic E-state index is 12.3. The molecule has 4 amide bonds. The summed E-state index contributed by atoms with van der Waals surface area (Å²) >= 11 is 1.63. The first-order valence-electron chi connectivity index (χ1n) is 7.67. The largest absolute Gasteiger partial charge is 0.351 e. The van der Waals surface area contributed by atoms with Crippen molar-refractivity contribution in [2.45, 2.75) is 32.4 Å². The molecule has 1 aromatic carbocycles. The molecular weight excluding hydrogens is 328 g/mol. The van der Waals surface area contributed by atoms with Crippen molar-refractivity contribution in [1.29, 1.82) is 0 Å². The second-order valence-electron chi connectivity index (χ2n) is 5.16. The molecule has 24 heavy (non-hydrogen) atoms. The number of benzene rings is 1. The molecule has 0 aliphatic heterocycles. The quantitative estimate of drug-likeness (QED) is 0.538. The fraction of sp³-hybridized carbons (Fsp3) is 0.438. The molecule has 1 rings (SSSR count). The lowest BCUT2D eigenvalue weighted by Crippen LogP contribution is -2.46. The van der Waals surface area contributed by atoms with E-state index in [0.29, 0.717) is 25.1 Å². The maximum atomic E-state index is 12.3. The second kappa shape index (κ2) is 10.5. The molecule has 0 spiro atoms. The van der Waals surface area contributed by atoms with Crippen LogP contribution in [-0.4, -0.2) is 35.9 Å². The number of primary amides is 1. The number of urea groups is 1. The number of thioether (sulfide) groups is 1. The van der Waals surface area contributed by atoms with Crippen LogP contribution in [0.15, 0.2) is 24.3 Å². The number of rotatable bonds is 9. The summed E-state index contributed by atoms with van der Waals surface area (Å²) in [5.41, 5.74) is 6.51. The minimum absolute atomic E-state index is 0.141. The van der Waals surface area contributed by atoms with Gasteiger partial charge in [0.05, 0.1) is 0 Å². The molecule has 0 aliphatic rings. The van der Waals surface area contributed by atoms with Gasteiger partial charge in [-0.25, -0.2) is 4.79 Å².